The SMILES string of the molecule is COCCn1ccc2cc(NC(=O)c3cnn(-c4ccccc4Cl)c3)ccc21. The lowest BCUT2D eigenvalue weighted by Crippen LogP contribution is -2.11. The van der Waals surface area contributed by atoms with E-state index in [-0.39, 0.29) is 5.91 Å². The van der Waals surface area contributed by atoms with Crippen molar-refractivity contribution in [2.45, 2.75) is 6.54 Å². The third-order valence-corrected chi connectivity index (χ3v) is 4.83. The molecule has 6 nitrogen and oxygen atoms in total. The molecule has 0 aliphatic rings. The molecule has 0 saturated heterocycles. The van der Waals surface area contributed by atoms with E-state index in [1.54, 1.807) is 24.1 Å². The fourth-order valence-electron chi connectivity index (χ4n) is 3.08. The van der Waals surface area contributed by atoms with Gasteiger partial charge in [-0.25, -0.2) is 4.68 Å². The first-order valence-electron chi connectivity index (χ1n) is 8.84. The second-order valence-corrected chi connectivity index (χ2v) is 6.76. The van der Waals surface area contributed by atoms with Crippen molar-refractivity contribution in [2.24, 2.45) is 0 Å². The van der Waals surface area contributed by atoms with Crippen LogP contribution in [0.3, 0.4) is 0 Å². The van der Waals surface area contributed by atoms with Gasteiger partial charge in [0.1, 0.15) is 0 Å². The van der Waals surface area contributed by atoms with Crippen molar-refractivity contribution in [1.29, 1.82) is 0 Å². The van der Waals surface area contributed by atoms with Crippen LogP contribution in [0.5, 0.6) is 0 Å². The summed E-state index contributed by atoms with van der Waals surface area (Å²) in [5.74, 6) is -0.225. The summed E-state index contributed by atoms with van der Waals surface area (Å²) in [5, 5.41) is 8.80. The van der Waals surface area contributed by atoms with Crippen molar-refractivity contribution in [3.63, 3.8) is 0 Å². The first-order chi connectivity index (χ1) is 13.7. The van der Waals surface area contributed by atoms with E-state index in [1.165, 1.54) is 6.20 Å². The van der Waals surface area contributed by atoms with E-state index in [0.29, 0.717) is 17.2 Å². The van der Waals surface area contributed by atoms with Crippen molar-refractivity contribution >= 4 is 34.1 Å². The quantitative estimate of drug-likeness (QED) is 0.528. The molecule has 0 aliphatic heterocycles. The van der Waals surface area contributed by atoms with Crippen LogP contribution in [0.2, 0.25) is 5.02 Å². The molecule has 0 unspecified atom stereocenters. The van der Waals surface area contributed by atoms with Crippen LogP contribution in [0.1, 0.15) is 10.4 Å². The fraction of sp³-hybridized carbons (Fsp3) is 0.143. The maximum absolute atomic E-state index is 12.6. The molecule has 2 heterocycles. The minimum atomic E-state index is -0.225. The Bertz CT molecular complexity index is 1130. The van der Waals surface area contributed by atoms with Crippen molar-refractivity contribution in [1.82, 2.24) is 14.3 Å². The van der Waals surface area contributed by atoms with Crippen LogP contribution in [0.25, 0.3) is 16.6 Å². The Morgan fingerprint density at radius 2 is 2.07 bits per heavy atom. The van der Waals surface area contributed by atoms with Crippen LogP contribution in [0, 0.1) is 0 Å². The number of ether oxygens (including phenoxy) is 1. The normalized spacial score (nSPS) is 11.1. The molecule has 1 amide bonds. The molecule has 142 valence electrons. The molecule has 4 aromatic rings. The zero-order chi connectivity index (χ0) is 19.5. The van der Waals surface area contributed by atoms with Gasteiger partial charge in [-0.1, -0.05) is 23.7 Å². The zero-order valence-electron chi connectivity index (χ0n) is 15.3. The number of carbonyl (C=O) groups is 1. The number of anilines is 1. The number of methoxy groups -OCH3 is 1. The average Bonchev–Trinajstić information content (AvgIpc) is 3.34. The lowest BCUT2D eigenvalue weighted by molar-refractivity contribution is 0.102. The Morgan fingerprint density at radius 3 is 2.89 bits per heavy atom. The van der Waals surface area contributed by atoms with Gasteiger partial charge in [-0.3, -0.25) is 4.79 Å². The Morgan fingerprint density at radius 1 is 1.21 bits per heavy atom. The first kappa shape index (κ1) is 18.3. The smallest absolute Gasteiger partial charge is 0.258 e. The molecule has 0 fully saturated rings. The first-order valence-corrected chi connectivity index (χ1v) is 9.22. The summed E-state index contributed by atoms with van der Waals surface area (Å²) in [6, 6.07) is 15.2. The Balaban J connectivity index is 1.52. The number of hydrogen-bond acceptors (Lipinski definition) is 3. The number of hydrogen-bond donors (Lipinski definition) is 1. The minimum absolute atomic E-state index is 0.225. The number of nitrogens with zero attached hydrogens (tertiary/aromatic N) is 3. The van der Waals surface area contributed by atoms with E-state index in [4.69, 9.17) is 16.3 Å². The van der Waals surface area contributed by atoms with E-state index in [9.17, 15) is 4.79 Å². The topological polar surface area (TPSA) is 61.1 Å². The second-order valence-electron chi connectivity index (χ2n) is 6.35. The molecule has 1 N–H and O–H groups in total. The highest BCUT2D eigenvalue weighted by atomic mass is 35.5. The summed E-state index contributed by atoms with van der Waals surface area (Å²) in [6.45, 7) is 1.44. The number of nitrogens with one attached hydrogen (secondary N) is 1. The van der Waals surface area contributed by atoms with Gasteiger partial charge in [0.05, 0.1) is 29.1 Å². The number of amides is 1. The number of carbonyl (C=O) groups excluding carboxylic acids is 1. The molecule has 28 heavy (non-hydrogen) atoms. The predicted molar refractivity (Wildman–Crippen MR) is 110 cm³/mol. The van der Waals surface area contributed by atoms with Gasteiger partial charge in [-0.15, -0.1) is 0 Å². The van der Waals surface area contributed by atoms with E-state index >= 15 is 0 Å². The highest BCUT2D eigenvalue weighted by molar-refractivity contribution is 6.32. The number of aromatic nitrogens is 3. The Labute approximate surface area is 167 Å². The number of halogens is 1. The zero-order valence-corrected chi connectivity index (χ0v) is 16.1. The largest absolute Gasteiger partial charge is 0.383 e. The van der Waals surface area contributed by atoms with Crippen molar-refractivity contribution in [3.8, 4) is 5.69 Å². The molecule has 0 saturated carbocycles. The van der Waals surface area contributed by atoms with Gasteiger partial charge < -0.3 is 14.6 Å². The molecule has 4 rings (SSSR count). The summed E-state index contributed by atoms with van der Waals surface area (Å²) in [7, 11) is 1.69. The van der Waals surface area contributed by atoms with Crippen LogP contribution in [0.4, 0.5) is 5.69 Å². The van der Waals surface area contributed by atoms with Gasteiger partial charge in [0.15, 0.2) is 0 Å². The minimum Gasteiger partial charge on any atom is -0.383 e. The lowest BCUT2D eigenvalue weighted by Gasteiger charge is -2.07. The molecular weight excluding hydrogens is 376 g/mol. The van der Waals surface area contributed by atoms with Gasteiger partial charge in [-0.05, 0) is 36.4 Å². The Hall–Kier alpha value is -3.09. The highest BCUT2D eigenvalue weighted by Crippen LogP contribution is 2.22. The fourth-order valence-corrected chi connectivity index (χ4v) is 3.30. The maximum Gasteiger partial charge on any atom is 0.258 e. The summed E-state index contributed by atoms with van der Waals surface area (Å²) >= 11 is 6.20. The van der Waals surface area contributed by atoms with E-state index < -0.39 is 0 Å². The summed E-state index contributed by atoms with van der Waals surface area (Å²) in [5.41, 5.74) is 3.01. The monoisotopic (exact) mass is 394 g/mol. The van der Waals surface area contributed by atoms with Gasteiger partial charge in [-0.2, -0.15) is 5.10 Å². The summed E-state index contributed by atoms with van der Waals surface area (Å²) < 4.78 is 8.85. The molecule has 0 bridgehead atoms. The second kappa shape index (κ2) is 7.88. The molecule has 0 aliphatic carbocycles. The van der Waals surface area contributed by atoms with Gasteiger partial charge in [0.25, 0.3) is 5.91 Å². The average molecular weight is 395 g/mol. The number of rotatable bonds is 6. The molecular formula is C21H19ClN4O2. The maximum atomic E-state index is 12.6. The molecule has 2 aromatic heterocycles. The number of para-hydroxylation sites is 1. The summed E-state index contributed by atoms with van der Waals surface area (Å²) in [4.78, 5) is 12.6. The standard InChI is InChI=1S/C21H19ClN4O2/c1-28-11-10-25-9-8-15-12-17(6-7-19(15)25)24-21(27)16-13-23-26(14-16)20-5-3-2-4-18(20)22/h2-9,12-14H,10-11H2,1H3,(H,24,27). The van der Waals surface area contributed by atoms with E-state index in [2.05, 4.69) is 15.0 Å². The van der Waals surface area contributed by atoms with Crippen LogP contribution >= 0.6 is 11.6 Å². The van der Waals surface area contributed by atoms with Crippen molar-refractivity contribution < 1.29 is 9.53 Å². The third kappa shape index (κ3) is 3.65. The van der Waals surface area contributed by atoms with Gasteiger partial charge in [0.2, 0.25) is 0 Å². The molecule has 0 spiro atoms. The molecule has 7 heteroatoms. The van der Waals surface area contributed by atoms with Crippen molar-refractivity contribution in [3.05, 3.63) is 77.7 Å². The lowest BCUT2D eigenvalue weighted by atomic mass is 10.2. The van der Waals surface area contributed by atoms with Crippen LogP contribution in [0.15, 0.2) is 67.1 Å². The Kier molecular flexibility index (Phi) is 5.14. The predicted octanol–water partition coefficient (Wildman–Crippen LogP) is 4.38. The molecule has 0 radical (unpaired) electrons. The van der Waals surface area contributed by atoms with E-state index in [0.717, 1.165) is 28.8 Å². The highest BCUT2D eigenvalue weighted by Gasteiger charge is 2.12. The van der Waals surface area contributed by atoms with Crippen LogP contribution in [-0.2, 0) is 11.3 Å². The molecule has 2 aromatic carbocycles. The van der Waals surface area contributed by atoms with E-state index in [1.807, 2.05) is 48.7 Å². The molecule has 0 atom stereocenters. The van der Waals surface area contributed by atoms with Gasteiger partial charge >= 0.3 is 0 Å². The third-order valence-electron chi connectivity index (χ3n) is 4.51. The summed E-state index contributed by atoms with van der Waals surface area (Å²) in [6.07, 6.45) is 5.21. The van der Waals surface area contributed by atoms with Crippen LogP contribution in [-0.4, -0.2) is 34.0 Å². The number of fused-ring (bicyclic) bond motifs is 1. The number of benzene rings is 2. The van der Waals surface area contributed by atoms with Crippen LogP contribution < -0.4 is 5.32 Å². The van der Waals surface area contributed by atoms with Gasteiger partial charge in [0, 0.05) is 42.6 Å². The van der Waals surface area contributed by atoms with Crippen molar-refractivity contribution in [2.75, 3.05) is 19.0 Å².